The lowest BCUT2D eigenvalue weighted by molar-refractivity contribution is 0.558. The summed E-state index contributed by atoms with van der Waals surface area (Å²) in [5.74, 6) is -0.194. The molecule has 4 heteroatoms. The minimum Gasteiger partial charge on any atom is -0.310 e. The highest BCUT2D eigenvalue weighted by molar-refractivity contribution is 6.32. The van der Waals surface area contributed by atoms with Crippen LogP contribution >= 0.6 is 24.0 Å². The lowest BCUT2D eigenvalue weighted by Crippen LogP contribution is -2.15. The average molecular weight is 250 g/mol. The van der Waals surface area contributed by atoms with Crippen LogP contribution in [0.4, 0.5) is 4.39 Å². The average Bonchev–Trinajstić information content (AvgIpc) is 2.65. The van der Waals surface area contributed by atoms with Crippen LogP contribution < -0.4 is 5.32 Å². The van der Waals surface area contributed by atoms with Crippen molar-refractivity contribution in [3.8, 4) is 0 Å². The Hall–Kier alpha value is -0.310. The predicted molar refractivity (Wildman–Crippen MR) is 63.4 cm³/mol. The zero-order chi connectivity index (χ0) is 10.1. The van der Waals surface area contributed by atoms with E-state index in [0.29, 0.717) is 10.6 Å². The highest BCUT2D eigenvalue weighted by Gasteiger charge is 2.22. The maximum atomic E-state index is 13.6. The van der Waals surface area contributed by atoms with Crippen molar-refractivity contribution in [2.24, 2.45) is 0 Å². The van der Waals surface area contributed by atoms with Gasteiger partial charge in [-0.2, -0.15) is 0 Å². The first-order valence-corrected chi connectivity index (χ1v) is 5.26. The molecule has 0 bridgehead atoms. The molecule has 0 amide bonds. The number of halogens is 3. The van der Waals surface area contributed by atoms with Gasteiger partial charge in [0.2, 0.25) is 0 Å². The third kappa shape index (κ3) is 2.44. The molecule has 1 fully saturated rings. The fourth-order valence-electron chi connectivity index (χ4n) is 1.93. The van der Waals surface area contributed by atoms with Crippen molar-refractivity contribution in [1.82, 2.24) is 5.32 Å². The van der Waals surface area contributed by atoms with Gasteiger partial charge in [-0.3, -0.25) is 0 Å². The van der Waals surface area contributed by atoms with Crippen LogP contribution in [0.5, 0.6) is 0 Å². The van der Waals surface area contributed by atoms with Crippen LogP contribution in [0.15, 0.2) is 12.1 Å². The summed E-state index contributed by atoms with van der Waals surface area (Å²) < 4.78 is 13.6. The molecule has 84 valence electrons. The topological polar surface area (TPSA) is 12.0 Å². The van der Waals surface area contributed by atoms with Crippen molar-refractivity contribution in [3.63, 3.8) is 0 Å². The van der Waals surface area contributed by atoms with Gasteiger partial charge in [-0.15, -0.1) is 12.4 Å². The summed E-state index contributed by atoms with van der Waals surface area (Å²) in [5.41, 5.74) is 1.58. The summed E-state index contributed by atoms with van der Waals surface area (Å²) in [4.78, 5) is 0. The highest BCUT2D eigenvalue weighted by Crippen LogP contribution is 2.33. The van der Waals surface area contributed by atoms with Gasteiger partial charge in [-0.25, -0.2) is 4.39 Å². The Balaban J connectivity index is 0.00000112. The fourth-order valence-corrected chi connectivity index (χ4v) is 2.21. The minimum atomic E-state index is -0.194. The van der Waals surface area contributed by atoms with Crippen LogP contribution in [0.1, 0.15) is 30.0 Å². The summed E-state index contributed by atoms with van der Waals surface area (Å²) in [7, 11) is 0. The van der Waals surface area contributed by atoms with Crippen molar-refractivity contribution in [2.75, 3.05) is 6.54 Å². The maximum absolute atomic E-state index is 13.6. The summed E-state index contributed by atoms with van der Waals surface area (Å²) in [6.07, 6.45) is 2.06. The second-order valence-corrected chi connectivity index (χ2v) is 4.12. The van der Waals surface area contributed by atoms with Crippen molar-refractivity contribution >= 4 is 24.0 Å². The Bertz CT molecular complexity index is 349. The number of hydrogen-bond acceptors (Lipinski definition) is 1. The van der Waals surface area contributed by atoms with E-state index in [-0.39, 0.29) is 24.3 Å². The Morgan fingerprint density at radius 1 is 1.47 bits per heavy atom. The molecule has 2 rings (SSSR count). The van der Waals surface area contributed by atoms with E-state index in [1.165, 1.54) is 6.07 Å². The van der Waals surface area contributed by atoms with E-state index in [1.807, 2.05) is 6.92 Å². The molecular weight excluding hydrogens is 236 g/mol. The molecule has 1 atom stereocenters. The smallest absolute Gasteiger partial charge is 0.129 e. The molecule has 0 radical (unpaired) electrons. The van der Waals surface area contributed by atoms with E-state index in [9.17, 15) is 4.39 Å². The Morgan fingerprint density at radius 2 is 2.20 bits per heavy atom. The van der Waals surface area contributed by atoms with Gasteiger partial charge >= 0.3 is 0 Å². The molecular formula is C11H14Cl2FN. The molecule has 0 spiro atoms. The summed E-state index contributed by atoms with van der Waals surface area (Å²) in [6, 6.07) is 3.31. The monoisotopic (exact) mass is 249 g/mol. The summed E-state index contributed by atoms with van der Waals surface area (Å²) in [5, 5.41) is 3.83. The maximum Gasteiger partial charge on any atom is 0.129 e. The van der Waals surface area contributed by atoms with E-state index in [1.54, 1.807) is 6.07 Å². The van der Waals surface area contributed by atoms with E-state index in [4.69, 9.17) is 11.6 Å². The molecule has 0 saturated carbocycles. The van der Waals surface area contributed by atoms with E-state index in [2.05, 4.69) is 5.32 Å². The highest BCUT2D eigenvalue weighted by atomic mass is 35.5. The quantitative estimate of drug-likeness (QED) is 0.802. The van der Waals surface area contributed by atoms with Crippen molar-refractivity contribution in [1.29, 1.82) is 0 Å². The molecule has 0 unspecified atom stereocenters. The number of aryl methyl sites for hydroxylation is 1. The van der Waals surface area contributed by atoms with Crippen LogP contribution in [-0.2, 0) is 0 Å². The first-order chi connectivity index (χ1) is 6.70. The Kier molecular flexibility index (Phi) is 4.38. The number of rotatable bonds is 1. The van der Waals surface area contributed by atoms with Crippen molar-refractivity contribution < 1.29 is 4.39 Å². The van der Waals surface area contributed by atoms with Crippen LogP contribution in [0, 0.1) is 12.7 Å². The zero-order valence-electron chi connectivity index (χ0n) is 8.52. The molecule has 0 aromatic heterocycles. The van der Waals surface area contributed by atoms with Crippen LogP contribution in [-0.4, -0.2) is 6.54 Å². The standard InChI is InChI=1S/C11H13ClFN.ClH/c1-7-4-5-8(13)10(11(7)12)9-3-2-6-14-9;/h4-5,9,14H,2-3,6H2,1H3;1H/t9-;/m0./s1. The molecule has 1 aliphatic heterocycles. The Labute approximate surface area is 100 Å². The Morgan fingerprint density at radius 3 is 2.80 bits per heavy atom. The summed E-state index contributed by atoms with van der Waals surface area (Å²) >= 11 is 6.10. The van der Waals surface area contributed by atoms with Gasteiger partial charge in [0.25, 0.3) is 0 Å². The normalized spacial score (nSPS) is 20.1. The third-order valence-corrected chi connectivity index (χ3v) is 3.23. The molecule has 1 heterocycles. The molecule has 0 aliphatic carbocycles. The van der Waals surface area contributed by atoms with Crippen molar-refractivity contribution in [2.45, 2.75) is 25.8 Å². The molecule has 1 N–H and O–H groups in total. The summed E-state index contributed by atoms with van der Waals surface area (Å²) in [6.45, 7) is 2.86. The van der Waals surface area contributed by atoms with Crippen LogP contribution in [0.2, 0.25) is 5.02 Å². The SMILES string of the molecule is Cc1ccc(F)c([C@@H]2CCCN2)c1Cl.Cl. The van der Waals surface area contributed by atoms with Crippen molar-refractivity contribution in [3.05, 3.63) is 34.1 Å². The second kappa shape index (κ2) is 5.15. The van der Waals surface area contributed by atoms with Gasteiger partial charge in [-0.05, 0) is 37.9 Å². The number of hydrogen-bond donors (Lipinski definition) is 1. The molecule has 1 aliphatic rings. The number of nitrogens with one attached hydrogen (secondary N) is 1. The molecule has 1 nitrogen and oxygen atoms in total. The minimum absolute atomic E-state index is 0. The lowest BCUT2D eigenvalue weighted by Gasteiger charge is -2.14. The van der Waals surface area contributed by atoms with Gasteiger partial charge in [0.15, 0.2) is 0 Å². The number of benzene rings is 1. The first-order valence-electron chi connectivity index (χ1n) is 4.88. The molecule has 1 aromatic carbocycles. The molecule has 1 aromatic rings. The predicted octanol–water partition coefficient (Wildman–Crippen LogP) is 3.63. The van der Waals surface area contributed by atoms with Crippen LogP contribution in [0.3, 0.4) is 0 Å². The lowest BCUT2D eigenvalue weighted by atomic mass is 10.0. The zero-order valence-corrected chi connectivity index (χ0v) is 10.1. The van der Waals surface area contributed by atoms with Gasteiger partial charge in [0, 0.05) is 11.6 Å². The van der Waals surface area contributed by atoms with E-state index >= 15 is 0 Å². The second-order valence-electron chi connectivity index (χ2n) is 3.74. The third-order valence-electron chi connectivity index (χ3n) is 2.73. The van der Waals surface area contributed by atoms with Gasteiger partial charge in [0.1, 0.15) is 5.82 Å². The van der Waals surface area contributed by atoms with E-state index in [0.717, 1.165) is 24.9 Å². The first kappa shape index (κ1) is 12.8. The van der Waals surface area contributed by atoms with E-state index < -0.39 is 0 Å². The molecule has 15 heavy (non-hydrogen) atoms. The molecule has 1 saturated heterocycles. The van der Waals surface area contributed by atoms with Crippen LogP contribution in [0.25, 0.3) is 0 Å². The fraction of sp³-hybridized carbons (Fsp3) is 0.455. The van der Waals surface area contributed by atoms with Gasteiger partial charge in [0.05, 0.1) is 5.02 Å². The van der Waals surface area contributed by atoms with Gasteiger partial charge < -0.3 is 5.32 Å². The van der Waals surface area contributed by atoms with Gasteiger partial charge in [-0.1, -0.05) is 17.7 Å². The largest absolute Gasteiger partial charge is 0.310 e.